The summed E-state index contributed by atoms with van der Waals surface area (Å²) in [6.45, 7) is 5.03. The first kappa shape index (κ1) is 13.9. The number of thiophene rings is 1. The second-order valence-electron chi connectivity index (χ2n) is 5.74. The van der Waals surface area contributed by atoms with E-state index in [0.717, 1.165) is 18.1 Å². The van der Waals surface area contributed by atoms with Crippen LogP contribution in [0, 0.1) is 6.92 Å². The monoisotopic (exact) mass is 290 g/mol. The molecule has 3 nitrogen and oxygen atoms in total. The minimum atomic E-state index is 0.0566. The summed E-state index contributed by atoms with van der Waals surface area (Å²) in [6, 6.07) is 9.29. The van der Waals surface area contributed by atoms with Crippen molar-refractivity contribution in [1.82, 2.24) is 4.90 Å². The SMILES string of the molecule is Cc1ccc(C(C(C)N)N(Cc2cccs2)C2CC2)o1. The lowest BCUT2D eigenvalue weighted by Gasteiger charge is -2.32. The summed E-state index contributed by atoms with van der Waals surface area (Å²) < 4.78 is 5.87. The zero-order valence-corrected chi connectivity index (χ0v) is 12.9. The van der Waals surface area contributed by atoms with E-state index in [1.165, 1.54) is 17.7 Å². The fourth-order valence-corrected chi connectivity index (χ4v) is 3.49. The summed E-state index contributed by atoms with van der Waals surface area (Å²) in [5, 5.41) is 2.14. The van der Waals surface area contributed by atoms with Crippen LogP contribution in [0.2, 0.25) is 0 Å². The molecule has 1 saturated carbocycles. The van der Waals surface area contributed by atoms with Crippen molar-refractivity contribution in [3.63, 3.8) is 0 Å². The maximum absolute atomic E-state index is 6.28. The average Bonchev–Trinajstić information content (AvgIpc) is 2.96. The molecule has 0 saturated heterocycles. The van der Waals surface area contributed by atoms with E-state index in [1.807, 2.05) is 24.3 Å². The molecule has 0 aromatic carbocycles. The van der Waals surface area contributed by atoms with E-state index >= 15 is 0 Å². The summed E-state index contributed by atoms with van der Waals surface area (Å²) in [7, 11) is 0. The lowest BCUT2D eigenvalue weighted by atomic mass is 10.1. The summed E-state index contributed by atoms with van der Waals surface area (Å²) in [6.07, 6.45) is 2.54. The Hall–Kier alpha value is -1.10. The fraction of sp³-hybridized carbons (Fsp3) is 0.500. The topological polar surface area (TPSA) is 42.4 Å². The van der Waals surface area contributed by atoms with Gasteiger partial charge >= 0.3 is 0 Å². The second-order valence-corrected chi connectivity index (χ2v) is 6.77. The molecule has 2 unspecified atom stereocenters. The van der Waals surface area contributed by atoms with Crippen LogP contribution in [0.15, 0.2) is 34.1 Å². The number of aryl methyl sites for hydroxylation is 1. The molecule has 3 rings (SSSR count). The molecule has 0 radical (unpaired) electrons. The summed E-state index contributed by atoms with van der Waals surface area (Å²) in [4.78, 5) is 3.92. The molecule has 108 valence electrons. The Labute approximate surface area is 124 Å². The molecule has 2 N–H and O–H groups in total. The summed E-state index contributed by atoms with van der Waals surface area (Å²) in [5.41, 5.74) is 6.28. The minimum Gasteiger partial charge on any atom is -0.465 e. The average molecular weight is 290 g/mol. The van der Waals surface area contributed by atoms with Gasteiger partial charge in [-0.1, -0.05) is 6.07 Å². The van der Waals surface area contributed by atoms with Crippen LogP contribution in [0.5, 0.6) is 0 Å². The summed E-state index contributed by atoms with van der Waals surface area (Å²) >= 11 is 1.81. The van der Waals surface area contributed by atoms with Gasteiger partial charge in [0.15, 0.2) is 0 Å². The van der Waals surface area contributed by atoms with E-state index in [1.54, 1.807) is 0 Å². The van der Waals surface area contributed by atoms with Crippen molar-refractivity contribution in [3.8, 4) is 0 Å². The highest BCUT2D eigenvalue weighted by Crippen LogP contribution is 2.38. The summed E-state index contributed by atoms with van der Waals surface area (Å²) in [5.74, 6) is 1.96. The Balaban J connectivity index is 1.86. The molecule has 0 spiro atoms. The van der Waals surface area contributed by atoms with Gasteiger partial charge in [-0.05, 0) is 50.3 Å². The molecule has 0 aliphatic heterocycles. The molecule has 2 heterocycles. The lowest BCUT2D eigenvalue weighted by molar-refractivity contribution is 0.137. The van der Waals surface area contributed by atoms with Crippen LogP contribution < -0.4 is 5.73 Å². The smallest absolute Gasteiger partial charge is 0.122 e. The number of nitrogens with zero attached hydrogens (tertiary/aromatic N) is 1. The fourth-order valence-electron chi connectivity index (χ4n) is 2.78. The van der Waals surface area contributed by atoms with Crippen molar-refractivity contribution in [2.45, 2.75) is 51.4 Å². The first-order valence-corrected chi connectivity index (χ1v) is 8.13. The zero-order valence-electron chi connectivity index (χ0n) is 12.1. The Bertz CT molecular complexity index is 543. The number of hydrogen-bond acceptors (Lipinski definition) is 4. The molecular formula is C16H22N2OS. The number of hydrogen-bond donors (Lipinski definition) is 1. The van der Waals surface area contributed by atoms with Gasteiger partial charge in [0.25, 0.3) is 0 Å². The third-order valence-electron chi connectivity index (χ3n) is 3.84. The van der Waals surface area contributed by atoms with Gasteiger partial charge < -0.3 is 10.2 Å². The molecule has 2 aromatic rings. The van der Waals surface area contributed by atoms with Gasteiger partial charge in [0, 0.05) is 23.5 Å². The first-order valence-electron chi connectivity index (χ1n) is 7.25. The predicted molar refractivity (Wildman–Crippen MR) is 82.7 cm³/mol. The van der Waals surface area contributed by atoms with Crippen molar-refractivity contribution in [1.29, 1.82) is 0 Å². The minimum absolute atomic E-state index is 0.0566. The molecule has 0 bridgehead atoms. The largest absolute Gasteiger partial charge is 0.465 e. The van der Waals surface area contributed by atoms with Gasteiger partial charge in [-0.3, -0.25) is 4.90 Å². The standard InChI is InChI=1S/C16H22N2OS/c1-11-5-8-15(19-11)16(12(2)17)18(13-6-7-13)10-14-4-3-9-20-14/h3-5,8-9,12-13,16H,6-7,10,17H2,1-2H3. The Kier molecular flexibility index (Phi) is 3.96. The van der Waals surface area contributed by atoms with E-state index in [4.69, 9.17) is 10.2 Å². The maximum atomic E-state index is 6.28. The molecule has 1 aliphatic carbocycles. The van der Waals surface area contributed by atoms with Gasteiger partial charge in [-0.2, -0.15) is 0 Å². The number of nitrogens with two attached hydrogens (primary N) is 1. The normalized spacial score (nSPS) is 18.4. The van der Waals surface area contributed by atoms with Gasteiger partial charge in [-0.15, -0.1) is 11.3 Å². The molecular weight excluding hydrogens is 268 g/mol. The van der Waals surface area contributed by atoms with Crippen LogP contribution >= 0.6 is 11.3 Å². The van der Waals surface area contributed by atoms with Crippen LogP contribution in [0.1, 0.15) is 42.2 Å². The van der Waals surface area contributed by atoms with Crippen LogP contribution in [-0.4, -0.2) is 17.0 Å². The van der Waals surface area contributed by atoms with E-state index in [0.29, 0.717) is 6.04 Å². The Morgan fingerprint density at radius 3 is 2.70 bits per heavy atom. The predicted octanol–water partition coefficient (Wildman–Crippen LogP) is 3.70. The quantitative estimate of drug-likeness (QED) is 0.882. The molecule has 4 heteroatoms. The van der Waals surface area contributed by atoms with Crippen LogP contribution in [-0.2, 0) is 6.54 Å². The molecule has 20 heavy (non-hydrogen) atoms. The van der Waals surface area contributed by atoms with E-state index in [2.05, 4.69) is 35.4 Å². The maximum Gasteiger partial charge on any atom is 0.122 e. The van der Waals surface area contributed by atoms with Crippen LogP contribution in [0.25, 0.3) is 0 Å². The highest BCUT2D eigenvalue weighted by Gasteiger charge is 2.37. The molecule has 2 aromatic heterocycles. The third-order valence-corrected chi connectivity index (χ3v) is 4.70. The first-order chi connectivity index (χ1) is 9.65. The third kappa shape index (κ3) is 2.97. The number of rotatable bonds is 6. The zero-order chi connectivity index (χ0) is 14.1. The van der Waals surface area contributed by atoms with Crippen molar-refractivity contribution >= 4 is 11.3 Å². The molecule has 1 aliphatic rings. The highest BCUT2D eigenvalue weighted by molar-refractivity contribution is 7.09. The van der Waals surface area contributed by atoms with E-state index < -0.39 is 0 Å². The van der Waals surface area contributed by atoms with Gasteiger partial charge in [-0.25, -0.2) is 0 Å². The molecule has 1 fully saturated rings. The van der Waals surface area contributed by atoms with E-state index in [-0.39, 0.29) is 12.1 Å². The Morgan fingerprint density at radius 2 is 2.20 bits per heavy atom. The number of furan rings is 1. The Morgan fingerprint density at radius 1 is 1.40 bits per heavy atom. The van der Waals surface area contributed by atoms with Crippen molar-refractivity contribution < 1.29 is 4.42 Å². The lowest BCUT2D eigenvalue weighted by Crippen LogP contribution is -2.40. The van der Waals surface area contributed by atoms with Crippen molar-refractivity contribution in [3.05, 3.63) is 46.0 Å². The molecule has 2 atom stereocenters. The van der Waals surface area contributed by atoms with Crippen LogP contribution in [0.4, 0.5) is 0 Å². The van der Waals surface area contributed by atoms with Gasteiger partial charge in [0.2, 0.25) is 0 Å². The van der Waals surface area contributed by atoms with Crippen molar-refractivity contribution in [2.75, 3.05) is 0 Å². The van der Waals surface area contributed by atoms with Crippen LogP contribution in [0.3, 0.4) is 0 Å². The van der Waals surface area contributed by atoms with E-state index in [9.17, 15) is 0 Å². The highest BCUT2D eigenvalue weighted by atomic mass is 32.1. The van der Waals surface area contributed by atoms with Gasteiger partial charge in [0.05, 0.1) is 6.04 Å². The van der Waals surface area contributed by atoms with Gasteiger partial charge in [0.1, 0.15) is 11.5 Å². The second kappa shape index (κ2) is 5.72. The molecule has 0 amide bonds. The van der Waals surface area contributed by atoms with Crippen molar-refractivity contribution in [2.24, 2.45) is 5.73 Å².